The number of hydrogen-bond acceptors (Lipinski definition) is 7. The standard InChI is InChI=1S/C23H26N6O3/c1-23(2,3)32-22(31)29-12-10-28(11-13-29)16-8-9-20(25-14-16)27-21(30)19-15-24-17-6-4-5-7-18(17)26-19/h4-9,14-15H,10-13H2,1-3H3,(H,25,27,30). The fourth-order valence-electron chi connectivity index (χ4n) is 3.37. The van der Waals surface area contributed by atoms with Crippen LogP contribution in [0.3, 0.4) is 0 Å². The van der Waals surface area contributed by atoms with Gasteiger partial charge in [0.1, 0.15) is 17.1 Å². The molecule has 1 fully saturated rings. The molecule has 1 saturated heterocycles. The molecule has 166 valence electrons. The van der Waals surface area contributed by atoms with Crippen molar-refractivity contribution in [3.8, 4) is 0 Å². The Kier molecular flexibility index (Phi) is 5.89. The van der Waals surface area contributed by atoms with E-state index in [-0.39, 0.29) is 17.7 Å². The van der Waals surface area contributed by atoms with Gasteiger partial charge in [-0.05, 0) is 45.0 Å². The molecule has 2 aromatic heterocycles. The van der Waals surface area contributed by atoms with Crippen LogP contribution in [0, 0.1) is 0 Å². The highest BCUT2D eigenvalue weighted by Gasteiger charge is 2.26. The van der Waals surface area contributed by atoms with Crippen molar-refractivity contribution in [2.24, 2.45) is 0 Å². The van der Waals surface area contributed by atoms with Gasteiger partial charge in [-0.15, -0.1) is 0 Å². The van der Waals surface area contributed by atoms with E-state index in [1.807, 2.05) is 51.1 Å². The number of amides is 2. The number of piperazine rings is 1. The summed E-state index contributed by atoms with van der Waals surface area (Å²) in [5.41, 5.74) is 2.05. The molecule has 3 heterocycles. The number of rotatable bonds is 3. The molecule has 1 aromatic carbocycles. The maximum absolute atomic E-state index is 12.5. The number of hydrogen-bond donors (Lipinski definition) is 1. The van der Waals surface area contributed by atoms with Crippen LogP contribution in [0.4, 0.5) is 16.3 Å². The first-order valence-corrected chi connectivity index (χ1v) is 10.5. The minimum absolute atomic E-state index is 0.229. The highest BCUT2D eigenvalue weighted by Crippen LogP contribution is 2.19. The van der Waals surface area contributed by atoms with Gasteiger partial charge in [0.2, 0.25) is 0 Å². The first-order chi connectivity index (χ1) is 15.3. The summed E-state index contributed by atoms with van der Waals surface area (Å²) >= 11 is 0. The Morgan fingerprint density at radius 2 is 1.66 bits per heavy atom. The van der Waals surface area contributed by atoms with Crippen molar-refractivity contribution in [2.75, 3.05) is 36.4 Å². The zero-order valence-corrected chi connectivity index (χ0v) is 18.4. The third-order valence-corrected chi connectivity index (χ3v) is 4.97. The predicted octanol–water partition coefficient (Wildman–Crippen LogP) is 3.33. The molecule has 9 nitrogen and oxygen atoms in total. The van der Waals surface area contributed by atoms with Gasteiger partial charge >= 0.3 is 6.09 Å². The van der Waals surface area contributed by atoms with Crippen LogP contribution in [-0.4, -0.2) is 63.6 Å². The molecule has 1 aliphatic rings. The van der Waals surface area contributed by atoms with Crippen LogP contribution in [0.5, 0.6) is 0 Å². The Morgan fingerprint density at radius 3 is 2.31 bits per heavy atom. The average Bonchev–Trinajstić information content (AvgIpc) is 2.78. The van der Waals surface area contributed by atoms with Crippen molar-refractivity contribution in [1.29, 1.82) is 0 Å². The fourth-order valence-corrected chi connectivity index (χ4v) is 3.37. The summed E-state index contributed by atoms with van der Waals surface area (Å²) in [6, 6.07) is 11.0. The van der Waals surface area contributed by atoms with Gasteiger partial charge in [-0.1, -0.05) is 12.1 Å². The second-order valence-electron chi connectivity index (χ2n) is 8.55. The molecule has 0 bridgehead atoms. The van der Waals surface area contributed by atoms with Crippen LogP contribution in [0.25, 0.3) is 11.0 Å². The topological polar surface area (TPSA) is 101 Å². The van der Waals surface area contributed by atoms with Gasteiger partial charge in [-0.2, -0.15) is 0 Å². The molecule has 9 heteroatoms. The van der Waals surface area contributed by atoms with E-state index < -0.39 is 5.60 Å². The number of anilines is 2. The number of nitrogens with one attached hydrogen (secondary N) is 1. The minimum atomic E-state index is -0.503. The molecule has 0 unspecified atom stereocenters. The lowest BCUT2D eigenvalue weighted by Crippen LogP contribution is -2.50. The smallest absolute Gasteiger partial charge is 0.410 e. The molecule has 0 aliphatic carbocycles. The number of benzene rings is 1. The summed E-state index contributed by atoms with van der Waals surface area (Å²) in [4.78, 5) is 41.6. The lowest BCUT2D eigenvalue weighted by Gasteiger charge is -2.36. The van der Waals surface area contributed by atoms with Crippen molar-refractivity contribution in [1.82, 2.24) is 19.9 Å². The Hall–Kier alpha value is -3.75. The van der Waals surface area contributed by atoms with Gasteiger partial charge in [-0.25, -0.2) is 14.8 Å². The van der Waals surface area contributed by atoms with Gasteiger partial charge in [0, 0.05) is 26.2 Å². The summed E-state index contributed by atoms with van der Waals surface area (Å²) < 4.78 is 5.44. The lowest BCUT2D eigenvalue weighted by atomic mass is 10.2. The zero-order valence-electron chi connectivity index (χ0n) is 18.4. The monoisotopic (exact) mass is 434 g/mol. The van der Waals surface area contributed by atoms with Gasteiger partial charge in [0.25, 0.3) is 5.91 Å². The SMILES string of the molecule is CC(C)(C)OC(=O)N1CCN(c2ccc(NC(=O)c3cnc4ccccc4n3)nc2)CC1. The maximum atomic E-state index is 12.5. The van der Waals surface area contributed by atoms with E-state index >= 15 is 0 Å². The number of aromatic nitrogens is 3. The summed E-state index contributed by atoms with van der Waals surface area (Å²) in [6.07, 6.45) is 2.88. The predicted molar refractivity (Wildman–Crippen MR) is 122 cm³/mol. The Balaban J connectivity index is 1.34. The van der Waals surface area contributed by atoms with E-state index in [1.165, 1.54) is 6.20 Å². The van der Waals surface area contributed by atoms with E-state index in [1.54, 1.807) is 17.2 Å². The van der Waals surface area contributed by atoms with E-state index in [0.717, 1.165) is 11.2 Å². The van der Waals surface area contributed by atoms with Crippen molar-refractivity contribution in [2.45, 2.75) is 26.4 Å². The third-order valence-electron chi connectivity index (χ3n) is 4.97. The van der Waals surface area contributed by atoms with Gasteiger partial charge in [0.05, 0.1) is 29.1 Å². The van der Waals surface area contributed by atoms with Gasteiger partial charge < -0.3 is 19.9 Å². The van der Waals surface area contributed by atoms with Crippen LogP contribution in [-0.2, 0) is 4.74 Å². The van der Waals surface area contributed by atoms with Gasteiger partial charge in [-0.3, -0.25) is 9.78 Å². The maximum Gasteiger partial charge on any atom is 0.410 e. The first-order valence-electron chi connectivity index (χ1n) is 10.5. The van der Waals surface area contributed by atoms with Crippen molar-refractivity contribution >= 4 is 34.5 Å². The molecule has 32 heavy (non-hydrogen) atoms. The molecule has 0 spiro atoms. The van der Waals surface area contributed by atoms with Crippen molar-refractivity contribution in [3.63, 3.8) is 0 Å². The number of carbonyl (C=O) groups excluding carboxylic acids is 2. The number of pyridine rings is 1. The molecule has 1 N–H and O–H groups in total. The molecule has 0 radical (unpaired) electrons. The molecule has 0 saturated carbocycles. The normalized spacial score (nSPS) is 14.3. The first kappa shape index (κ1) is 21.5. The van der Waals surface area contributed by atoms with Crippen LogP contribution in [0.2, 0.25) is 0 Å². The summed E-state index contributed by atoms with van der Waals surface area (Å²) in [5, 5.41) is 2.76. The number of nitrogens with zero attached hydrogens (tertiary/aromatic N) is 5. The van der Waals surface area contributed by atoms with Crippen molar-refractivity contribution in [3.05, 3.63) is 54.5 Å². The second kappa shape index (κ2) is 8.78. The van der Waals surface area contributed by atoms with Gasteiger partial charge in [0.15, 0.2) is 0 Å². The molecule has 2 amide bonds. The fraction of sp³-hybridized carbons (Fsp3) is 0.348. The summed E-state index contributed by atoms with van der Waals surface area (Å²) in [7, 11) is 0. The van der Waals surface area contributed by atoms with Crippen LogP contribution < -0.4 is 10.2 Å². The van der Waals surface area contributed by atoms with E-state index in [0.29, 0.717) is 37.5 Å². The van der Waals surface area contributed by atoms with E-state index in [2.05, 4.69) is 25.2 Å². The lowest BCUT2D eigenvalue weighted by molar-refractivity contribution is 0.0240. The van der Waals surface area contributed by atoms with E-state index in [9.17, 15) is 9.59 Å². The number of carbonyl (C=O) groups is 2. The largest absolute Gasteiger partial charge is 0.444 e. The Morgan fingerprint density at radius 1 is 0.938 bits per heavy atom. The Labute approximate surface area is 186 Å². The summed E-state index contributed by atoms with van der Waals surface area (Å²) in [6.45, 7) is 8.10. The number of para-hydroxylation sites is 2. The molecule has 1 aliphatic heterocycles. The highest BCUT2D eigenvalue weighted by molar-refractivity contribution is 6.03. The minimum Gasteiger partial charge on any atom is -0.444 e. The molecule has 3 aromatic rings. The highest BCUT2D eigenvalue weighted by atomic mass is 16.6. The van der Waals surface area contributed by atoms with Crippen LogP contribution >= 0.6 is 0 Å². The number of fused-ring (bicyclic) bond motifs is 1. The second-order valence-corrected chi connectivity index (χ2v) is 8.55. The number of ether oxygens (including phenoxy) is 1. The molecular formula is C23H26N6O3. The molecular weight excluding hydrogens is 408 g/mol. The summed E-state index contributed by atoms with van der Waals surface area (Å²) in [5.74, 6) is 0.0653. The third kappa shape index (κ3) is 5.11. The Bertz CT molecular complexity index is 1120. The molecule has 0 atom stereocenters. The zero-order chi connectivity index (χ0) is 22.7. The average molecular weight is 435 g/mol. The quantitative estimate of drug-likeness (QED) is 0.675. The van der Waals surface area contributed by atoms with E-state index in [4.69, 9.17) is 4.74 Å². The van der Waals surface area contributed by atoms with Crippen molar-refractivity contribution < 1.29 is 14.3 Å². The van der Waals surface area contributed by atoms with Crippen LogP contribution in [0.15, 0.2) is 48.8 Å². The van der Waals surface area contributed by atoms with Crippen LogP contribution in [0.1, 0.15) is 31.3 Å². The molecule has 4 rings (SSSR count).